The van der Waals surface area contributed by atoms with Crippen molar-refractivity contribution in [2.45, 2.75) is 85.4 Å². The topological polar surface area (TPSA) is 55.4 Å². The number of hydrogen-bond donors (Lipinski definition) is 1. The fourth-order valence-corrected chi connectivity index (χ4v) is 16.5. The summed E-state index contributed by atoms with van der Waals surface area (Å²) in [4.78, 5) is 24.7. The third-order valence-electron chi connectivity index (χ3n) is 4.90. The van der Waals surface area contributed by atoms with E-state index in [0.717, 1.165) is 57.5 Å². The molecule has 0 aliphatic carbocycles. The zero-order valence-corrected chi connectivity index (χ0v) is 20.2. The third kappa shape index (κ3) is 10.2. The fraction of sp³-hybridized carbons (Fsp3) is 0.636. The van der Waals surface area contributed by atoms with Crippen LogP contribution in [-0.4, -0.2) is 30.7 Å². The van der Waals surface area contributed by atoms with Crippen LogP contribution < -0.4 is 5.32 Å². The second kappa shape index (κ2) is 14.0. The number of amides is 1. The normalized spacial score (nSPS) is 11.2. The first-order chi connectivity index (χ1) is 13.0. The van der Waals surface area contributed by atoms with Crippen LogP contribution >= 0.6 is 0 Å². The van der Waals surface area contributed by atoms with Gasteiger partial charge in [-0.15, -0.1) is 0 Å². The van der Waals surface area contributed by atoms with Gasteiger partial charge in [-0.05, 0) is 0 Å². The van der Waals surface area contributed by atoms with Crippen molar-refractivity contribution in [1.29, 1.82) is 0 Å². The molecule has 0 bridgehead atoms. The van der Waals surface area contributed by atoms with E-state index >= 15 is 0 Å². The second-order valence-electron chi connectivity index (χ2n) is 7.38. The maximum absolute atomic E-state index is 12.6. The first-order valence-corrected chi connectivity index (χ1v) is 17.8. The molecule has 0 saturated carbocycles. The molecule has 27 heavy (non-hydrogen) atoms. The van der Waals surface area contributed by atoms with Gasteiger partial charge in [-0.25, -0.2) is 0 Å². The minimum absolute atomic E-state index is 0.130. The first-order valence-electron chi connectivity index (χ1n) is 10.6. The van der Waals surface area contributed by atoms with Gasteiger partial charge in [0.15, 0.2) is 0 Å². The maximum atomic E-state index is 12.6. The van der Waals surface area contributed by atoms with Crippen molar-refractivity contribution < 1.29 is 12.7 Å². The van der Waals surface area contributed by atoms with E-state index in [1.807, 2.05) is 30.3 Å². The molecule has 1 rings (SSSR count). The molecule has 0 unspecified atom stereocenters. The molecule has 0 fully saturated rings. The van der Waals surface area contributed by atoms with Crippen LogP contribution in [0, 0.1) is 0 Å². The summed E-state index contributed by atoms with van der Waals surface area (Å²) in [6.07, 6.45) is 7.28. The van der Waals surface area contributed by atoms with Crippen molar-refractivity contribution in [2.75, 3.05) is 5.32 Å². The summed E-state index contributed by atoms with van der Waals surface area (Å²) in [5, 5.41) is 2.83. The number of anilines is 1. The van der Waals surface area contributed by atoms with Gasteiger partial charge < -0.3 is 0 Å². The molecule has 5 heteroatoms. The number of unbranched alkanes of at least 4 members (excludes halogenated alkanes) is 3. The summed E-state index contributed by atoms with van der Waals surface area (Å²) in [6.45, 7) is 6.60. The zero-order valence-electron chi connectivity index (χ0n) is 17.4. The Morgan fingerprint density at radius 2 is 1.37 bits per heavy atom. The Balaban J connectivity index is 2.60. The van der Waals surface area contributed by atoms with Gasteiger partial charge >= 0.3 is 170 Å². The van der Waals surface area contributed by atoms with E-state index in [4.69, 9.17) is 3.07 Å². The summed E-state index contributed by atoms with van der Waals surface area (Å²) in [5.74, 6) is -0.285. The molecule has 1 amide bonds. The van der Waals surface area contributed by atoms with Crippen molar-refractivity contribution in [1.82, 2.24) is 0 Å². The van der Waals surface area contributed by atoms with Crippen LogP contribution in [0.1, 0.15) is 72.1 Å². The first kappa shape index (κ1) is 24.0. The number of carbonyl (C=O) groups is 2. The Hall–Kier alpha value is -1.04. The van der Waals surface area contributed by atoms with Crippen LogP contribution in [0.4, 0.5) is 5.69 Å². The van der Waals surface area contributed by atoms with Crippen molar-refractivity contribution in [3.63, 3.8) is 0 Å². The van der Waals surface area contributed by atoms with Crippen molar-refractivity contribution in [3.8, 4) is 0 Å². The molecule has 0 aliphatic heterocycles. The van der Waals surface area contributed by atoms with Crippen molar-refractivity contribution in [3.05, 3.63) is 30.3 Å². The molecule has 0 atom stereocenters. The Kier molecular flexibility index (Phi) is 12.5. The standard InChI is InChI=1S/C10H11NO3.3C4H9.Sn/c12-9(6-7-10(13)14)11-8-4-2-1-3-5-8;3*1-3-4-2;/h1-5H,6-7H2,(H,11,12)(H,13,14);3*1,3-4H2,2H3;/q;;;;+1/p-1. The quantitative estimate of drug-likeness (QED) is 0.317. The molecular formula is C22H37NO3Sn. The molecular weight excluding hydrogens is 445 g/mol. The molecule has 1 N–H and O–H groups in total. The van der Waals surface area contributed by atoms with Gasteiger partial charge in [-0.3, -0.25) is 0 Å². The minimum atomic E-state index is -2.92. The summed E-state index contributed by atoms with van der Waals surface area (Å²) >= 11 is -2.92. The fourth-order valence-electron chi connectivity index (χ4n) is 3.28. The Bertz CT molecular complexity index is 526. The van der Waals surface area contributed by atoms with Crippen LogP contribution in [0.3, 0.4) is 0 Å². The van der Waals surface area contributed by atoms with E-state index in [1.165, 1.54) is 0 Å². The summed E-state index contributed by atoms with van der Waals surface area (Å²) in [5.41, 5.74) is 0.762. The van der Waals surface area contributed by atoms with Crippen LogP contribution in [0.25, 0.3) is 0 Å². The number of nitrogens with one attached hydrogen (secondary N) is 1. The molecule has 0 spiro atoms. The van der Waals surface area contributed by atoms with Gasteiger partial charge in [0.25, 0.3) is 0 Å². The van der Waals surface area contributed by atoms with E-state index in [0.29, 0.717) is 0 Å². The van der Waals surface area contributed by atoms with Crippen LogP contribution in [0.15, 0.2) is 30.3 Å². The molecule has 0 saturated heterocycles. The third-order valence-corrected chi connectivity index (χ3v) is 17.6. The molecule has 0 radical (unpaired) electrons. The number of benzene rings is 1. The summed E-state index contributed by atoms with van der Waals surface area (Å²) in [6, 6.07) is 9.35. The molecule has 1 aromatic rings. The van der Waals surface area contributed by atoms with Crippen LogP contribution in [0.2, 0.25) is 13.3 Å². The predicted molar refractivity (Wildman–Crippen MR) is 115 cm³/mol. The van der Waals surface area contributed by atoms with Gasteiger partial charge in [-0.1, -0.05) is 0 Å². The van der Waals surface area contributed by atoms with Crippen LogP contribution in [-0.2, 0) is 12.7 Å². The van der Waals surface area contributed by atoms with Crippen LogP contribution in [0.5, 0.6) is 0 Å². The number of para-hydroxylation sites is 1. The molecule has 1 aromatic carbocycles. The summed E-state index contributed by atoms with van der Waals surface area (Å²) < 4.78 is 9.63. The van der Waals surface area contributed by atoms with E-state index in [2.05, 4.69) is 26.1 Å². The molecule has 0 aliphatic rings. The molecule has 4 nitrogen and oxygen atoms in total. The SMILES string of the molecule is CCC[CH2][Sn]([CH2]CCC)([CH2]CCC)[O]C(=O)CCC(=O)Nc1ccccc1. The molecule has 0 heterocycles. The summed E-state index contributed by atoms with van der Waals surface area (Å²) in [7, 11) is 0. The number of rotatable bonds is 14. The van der Waals surface area contributed by atoms with Gasteiger partial charge in [0.05, 0.1) is 0 Å². The predicted octanol–water partition coefficient (Wildman–Crippen LogP) is 6.29. The zero-order chi connectivity index (χ0) is 20.0. The monoisotopic (exact) mass is 483 g/mol. The van der Waals surface area contributed by atoms with E-state index in [1.54, 1.807) is 0 Å². The van der Waals surface area contributed by atoms with Crippen molar-refractivity contribution in [2.24, 2.45) is 0 Å². The average Bonchev–Trinajstić information content (AvgIpc) is 2.68. The van der Waals surface area contributed by atoms with Gasteiger partial charge in [-0.2, -0.15) is 0 Å². The Labute approximate surface area is 169 Å². The Morgan fingerprint density at radius 3 is 1.85 bits per heavy atom. The number of carbonyl (C=O) groups excluding carboxylic acids is 2. The van der Waals surface area contributed by atoms with Gasteiger partial charge in [0.1, 0.15) is 0 Å². The number of hydrogen-bond acceptors (Lipinski definition) is 3. The van der Waals surface area contributed by atoms with Gasteiger partial charge in [0, 0.05) is 0 Å². The molecule has 0 aromatic heterocycles. The van der Waals surface area contributed by atoms with Crippen molar-refractivity contribution >= 4 is 36.4 Å². The van der Waals surface area contributed by atoms with E-state index < -0.39 is 18.8 Å². The Morgan fingerprint density at radius 1 is 0.852 bits per heavy atom. The second-order valence-corrected chi connectivity index (χ2v) is 19.0. The van der Waals surface area contributed by atoms with Gasteiger partial charge in [0.2, 0.25) is 0 Å². The van der Waals surface area contributed by atoms with E-state index in [9.17, 15) is 9.59 Å². The average molecular weight is 482 g/mol. The molecule has 152 valence electrons. The van der Waals surface area contributed by atoms with E-state index in [-0.39, 0.29) is 24.7 Å².